The molecule has 1 atom stereocenters. The summed E-state index contributed by atoms with van der Waals surface area (Å²) in [4.78, 5) is 30.0. The zero-order chi connectivity index (χ0) is 23.4. The summed E-state index contributed by atoms with van der Waals surface area (Å²) in [6.45, 7) is 4.02. The van der Waals surface area contributed by atoms with Crippen molar-refractivity contribution >= 4 is 40.5 Å². The van der Waals surface area contributed by atoms with Crippen molar-refractivity contribution in [2.75, 3.05) is 10.6 Å². The standard InChI is InChI=1S/C27H26ClN3O2/c1-17(2)14-25(32)29-21-11-8-19(9-12-21)26-22-16-20(28)10-13-23(22)31-27(33)24(30-26)15-18-6-4-3-5-7-18/h3-13,16-17,24H,14-15H2,1-2H3,(H,29,32)(H,31,33). The van der Waals surface area contributed by atoms with Gasteiger partial charge in [-0.1, -0.05) is 67.9 Å². The fourth-order valence-electron chi connectivity index (χ4n) is 3.82. The summed E-state index contributed by atoms with van der Waals surface area (Å²) in [5, 5.41) is 6.50. The van der Waals surface area contributed by atoms with Gasteiger partial charge in [-0.3, -0.25) is 14.6 Å². The molecule has 1 unspecified atom stereocenters. The molecule has 6 heteroatoms. The molecule has 1 aliphatic rings. The van der Waals surface area contributed by atoms with Crippen molar-refractivity contribution in [3.05, 3.63) is 94.5 Å². The molecule has 1 aliphatic heterocycles. The Morgan fingerprint density at radius 3 is 2.48 bits per heavy atom. The molecule has 0 aliphatic carbocycles. The first-order chi connectivity index (χ1) is 15.9. The molecule has 0 saturated carbocycles. The van der Waals surface area contributed by atoms with E-state index in [9.17, 15) is 9.59 Å². The van der Waals surface area contributed by atoms with Crippen LogP contribution in [0.25, 0.3) is 0 Å². The molecule has 0 bridgehead atoms. The van der Waals surface area contributed by atoms with Crippen LogP contribution < -0.4 is 10.6 Å². The lowest BCUT2D eigenvalue weighted by molar-refractivity contribution is -0.117. The predicted octanol–water partition coefficient (Wildman–Crippen LogP) is 5.73. The molecule has 4 rings (SSSR count). The van der Waals surface area contributed by atoms with Gasteiger partial charge in [-0.2, -0.15) is 0 Å². The third kappa shape index (κ3) is 5.68. The topological polar surface area (TPSA) is 70.6 Å². The van der Waals surface area contributed by atoms with E-state index in [0.29, 0.717) is 29.3 Å². The summed E-state index contributed by atoms with van der Waals surface area (Å²) in [5.41, 5.74) is 4.73. The lowest BCUT2D eigenvalue weighted by Crippen LogP contribution is -2.27. The van der Waals surface area contributed by atoms with Gasteiger partial charge >= 0.3 is 0 Å². The first-order valence-electron chi connectivity index (χ1n) is 11.0. The summed E-state index contributed by atoms with van der Waals surface area (Å²) in [7, 11) is 0. The largest absolute Gasteiger partial charge is 0.326 e. The molecular weight excluding hydrogens is 434 g/mol. The zero-order valence-electron chi connectivity index (χ0n) is 18.6. The Bertz CT molecular complexity index is 1190. The van der Waals surface area contributed by atoms with Gasteiger partial charge in [-0.15, -0.1) is 0 Å². The summed E-state index contributed by atoms with van der Waals surface area (Å²) in [5.74, 6) is 0.117. The zero-order valence-corrected chi connectivity index (χ0v) is 19.4. The normalized spacial score (nSPS) is 15.3. The van der Waals surface area contributed by atoms with Crippen molar-refractivity contribution in [2.45, 2.75) is 32.7 Å². The summed E-state index contributed by atoms with van der Waals surface area (Å²) in [6.07, 6.45) is 0.955. The number of hydrogen-bond donors (Lipinski definition) is 2. The van der Waals surface area contributed by atoms with Crippen LogP contribution in [0.5, 0.6) is 0 Å². The minimum Gasteiger partial charge on any atom is -0.326 e. The van der Waals surface area contributed by atoms with E-state index < -0.39 is 6.04 Å². The maximum atomic E-state index is 13.0. The number of nitrogens with one attached hydrogen (secondary N) is 2. The Labute approximate surface area is 198 Å². The molecule has 33 heavy (non-hydrogen) atoms. The number of anilines is 2. The lowest BCUT2D eigenvalue weighted by Gasteiger charge is -2.12. The highest BCUT2D eigenvalue weighted by Gasteiger charge is 2.26. The van der Waals surface area contributed by atoms with Crippen LogP contribution in [0.2, 0.25) is 5.02 Å². The van der Waals surface area contributed by atoms with Gasteiger partial charge in [0.05, 0.1) is 11.4 Å². The smallest absolute Gasteiger partial charge is 0.249 e. The minimum absolute atomic E-state index is 0.0144. The van der Waals surface area contributed by atoms with E-state index in [4.69, 9.17) is 16.6 Å². The fourth-order valence-corrected chi connectivity index (χ4v) is 3.99. The van der Waals surface area contributed by atoms with Crippen LogP contribution in [0, 0.1) is 5.92 Å². The number of nitrogens with zero attached hydrogens (tertiary/aromatic N) is 1. The summed E-state index contributed by atoms with van der Waals surface area (Å²) in [6, 6.07) is 22.2. The van der Waals surface area contributed by atoms with E-state index in [1.54, 1.807) is 12.1 Å². The van der Waals surface area contributed by atoms with E-state index >= 15 is 0 Å². The molecule has 0 saturated heterocycles. The molecule has 3 aromatic carbocycles. The van der Waals surface area contributed by atoms with E-state index in [0.717, 1.165) is 22.4 Å². The van der Waals surface area contributed by atoms with Gasteiger partial charge < -0.3 is 10.6 Å². The maximum absolute atomic E-state index is 13.0. The molecule has 0 spiro atoms. The van der Waals surface area contributed by atoms with Gasteiger partial charge in [0.15, 0.2) is 0 Å². The van der Waals surface area contributed by atoms with Crippen molar-refractivity contribution in [2.24, 2.45) is 10.9 Å². The van der Waals surface area contributed by atoms with E-state index in [1.165, 1.54) is 0 Å². The Balaban J connectivity index is 1.69. The van der Waals surface area contributed by atoms with Gasteiger partial charge in [0.25, 0.3) is 0 Å². The molecule has 5 nitrogen and oxygen atoms in total. The number of benzene rings is 3. The van der Waals surface area contributed by atoms with E-state index in [2.05, 4.69) is 10.6 Å². The quantitative estimate of drug-likeness (QED) is 0.494. The van der Waals surface area contributed by atoms with Gasteiger partial charge in [0.1, 0.15) is 6.04 Å². The average Bonchev–Trinajstić information content (AvgIpc) is 2.91. The molecular formula is C27H26ClN3O2. The van der Waals surface area contributed by atoms with Crippen LogP contribution >= 0.6 is 11.6 Å². The van der Waals surface area contributed by atoms with Crippen LogP contribution in [0.4, 0.5) is 11.4 Å². The number of hydrogen-bond acceptors (Lipinski definition) is 3. The molecule has 3 aromatic rings. The number of fused-ring (bicyclic) bond motifs is 1. The monoisotopic (exact) mass is 459 g/mol. The van der Waals surface area contributed by atoms with Crippen molar-refractivity contribution < 1.29 is 9.59 Å². The predicted molar refractivity (Wildman–Crippen MR) is 134 cm³/mol. The molecule has 1 heterocycles. The highest BCUT2D eigenvalue weighted by Crippen LogP contribution is 2.28. The Kier molecular flexibility index (Phi) is 6.90. The molecule has 2 amide bonds. The summed E-state index contributed by atoms with van der Waals surface area (Å²) < 4.78 is 0. The number of benzodiazepines with no additional fused rings is 1. The number of carbonyl (C=O) groups excluding carboxylic acids is 2. The first-order valence-corrected chi connectivity index (χ1v) is 11.4. The van der Waals surface area contributed by atoms with Gasteiger partial charge in [-0.05, 0) is 41.8 Å². The Morgan fingerprint density at radius 2 is 1.79 bits per heavy atom. The van der Waals surface area contributed by atoms with Crippen LogP contribution in [-0.4, -0.2) is 23.6 Å². The lowest BCUT2D eigenvalue weighted by atomic mass is 10.00. The van der Waals surface area contributed by atoms with Crippen LogP contribution in [0.15, 0.2) is 77.8 Å². The minimum atomic E-state index is -0.584. The molecule has 2 N–H and O–H groups in total. The van der Waals surface area contributed by atoms with Crippen LogP contribution in [-0.2, 0) is 16.0 Å². The first kappa shape index (κ1) is 22.7. The molecule has 0 fully saturated rings. The Hall–Kier alpha value is -3.44. The van der Waals surface area contributed by atoms with Crippen molar-refractivity contribution in [3.8, 4) is 0 Å². The summed E-state index contributed by atoms with van der Waals surface area (Å²) >= 11 is 6.29. The van der Waals surface area contributed by atoms with Crippen molar-refractivity contribution in [1.29, 1.82) is 0 Å². The third-order valence-corrected chi connectivity index (χ3v) is 5.62. The maximum Gasteiger partial charge on any atom is 0.249 e. The van der Waals surface area contributed by atoms with Crippen LogP contribution in [0.3, 0.4) is 0 Å². The molecule has 168 valence electrons. The number of aliphatic imine (C=N–C) groups is 1. The Morgan fingerprint density at radius 1 is 1.06 bits per heavy atom. The highest BCUT2D eigenvalue weighted by atomic mass is 35.5. The van der Waals surface area contributed by atoms with Crippen molar-refractivity contribution in [1.82, 2.24) is 0 Å². The number of carbonyl (C=O) groups is 2. The number of halogens is 1. The average molecular weight is 460 g/mol. The molecule has 0 aromatic heterocycles. The van der Waals surface area contributed by atoms with Crippen molar-refractivity contribution in [3.63, 3.8) is 0 Å². The number of rotatable bonds is 6. The van der Waals surface area contributed by atoms with Gasteiger partial charge in [-0.25, -0.2) is 0 Å². The van der Waals surface area contributed by atoms with Gasteiger partial charge in [0.2, 0.25) is 11.8 Å². The van der Waals surface area contributed by atoms with Gasteiger partial charge in [0, 0.05) is 34.7 Å². The molecule has 0 radical (unpaired) electrons. The third-order valence-electron chi connectivity index (χ3n) is 5.39. The second-order valence-electron chi connectivity index (χ2n) is 8.59. The van der Waals surface area contributed by atoms with Crippen LogP contribution in [0.1, 0.15) is 37.0 Å². The SMILES string of the molecule is CC(C)CC(=O)Nc1ccc(C2=NC(Cc3ccccc3)C(=O)Nc3ccc(Cl)cc32)cc1. The van der Waals surface area contributed by atoms with E-state index in [-0.39, 0.29) is 17.7 Å². The highest BCUT2D eigenvalue weighted by molar-refractivity contribution is 6.32. The fraction of sp³-hybridized carbons (Fsp3) is 0.222. The van der Waals surface area contributed by atoms with E-state index in [1.807, 2.05) is 74.5 Å². The second kappa shape index (κ2) is 10.0. The number of amides is 2. The second-order valence-corrected chi connectivity index (χ2v) is 9.02.